The molecule has 1 heterocycles. The van der Waals surface area contributed by atoms with Crippen LogP contribution in [0, 0.1) is 0 Å². The highest BCUT2D eigenvalue weighted by molar-refractivity contribution is 5.70. The number of hydrogen-bond donors (Lipinski definition) is 6. The van der Waals surface area contributed by atoms with Crippen molar-refractivity contribution in [1.82, 2.24) is 0 Å². The number of aliphatic hydroxyl groups excluding tert-OH is 6. The number of furan rings is 1. The summed E-state index contributed by atoms with van der Waals surface area (Å²) in [5.41, 5.74) is 0. The van der Waals surface area contributed by atoms with Gasteiger partial charge < -0.3 is 39.9 Å². The van der Waals surface area contributed by atoms with Gasteiger partial charge in [0.05, 0.1) is 6.61 Å². The van der Waals surface area contributed by atoms with Gasteiger partial charge in [0.2, 0.25) is 0 Å². The highest BCUT2D eigenvalue weighted by Gasteiger charge is 2.29. The molecular formula is C12H18O9. The topological polar surface area (TPSA) is 169 Å². The van der Waals surface area contributed by atoms with Crippen molar-refractivity contribution in [3.8, 4) is 0 Å². The fraction of sp³-hybridized carbons (Fsp3) is 0.500. The molecule has 1 aromatic heterocycles. The lowest BCUT2D eigenvalue weighted by atomic mass is 10.0. The van der Waals surface area contributed by atoms with Gasteiger partial charge in [-0.15, -0.1) is 0 Å². The van der Waals surface area contributed by atoms with Crippen LogP contribution in [-0.4, -0.2) is 74.2 Å². The summed E-state index contributed by atoms with van der Waals surface area (Å²) in [5, 5.41) is 52.0. The minimum atomic E-state index is -1.79. The Bertz CT molecular complexity index is 417. The van der Waals surface area contributed by atoms with Crippen LogP contribution >= 0.6 is 0 Å². The van der Waals surface area contributed by atoms with E-state index >= 15 is 0 Å². The molecule has 1 rings (SSSR count). The summed E-state index contributed by atoms with van der Waals surface area (Å²) in [4.78, 5) is 19.9. The zero-order valence-corrected chi connectivity index (χ0v) is 10.9. The van der Waals surface area contributed by atoms with Gasteiger partial charge in [0.15, 0.2) is 18.3 Å². The normalized spacial score (nSPS) is 16.1. The zero-order valence-electron chi connectivity index (χ0n) is 10.9. The molecule has 4 atom stereocenters. The first-order chi connectivity index (χ1) is 9.90. The molecule has 21 heavy (non-hydrogen) atoms. The summed E-state index contributed by atoms with van der Waals surface area (Å²) < 4.78 is 4.76. The van der Waals surface area contributed by atoms with E-state index in [-0.39, 0.29) is 18.7 Å². The van der Waals surface area contributed by atoms with Crippen LogP contribution in [0.25, 0.3) is 0 Å². The quantitative estimate of drug-likeness (QED) is 0.291. The number of hydrogen-bond acceptors (Lipinski definition) is 9. The van der Waals surface area contributed by atoms with Crippen LogP contribution in [0.15, 0.2) is 16.5 Å². The maximum Gasteiger partial charge on any atom is 0.185 e. The molecule has 0 bridgehead atoms. The van der Waals surface area contributed by atoms with Crippen LogP contribution in [0.1, 0.15) is 16.3 Å². The minimum Gasteiger partial charge on any atom is -0.456 e. The maximum atomic E-state index is 9.96. The van der Waals surface area contributed by atoms with Crippen molar-refractivity contribution in [2.24, 2.45) is 0 Å². The molecule has 0 saturated carbocycles. The van der Waals surface area contributed by atoms with Gasteiger partial charge in [0.25, 0.3) is 0 Å². The average molecular weight is 306 g/mol. The van der Waals surface area contributed by atoms with E-state index in [2.05, 4.69) is 0 Å². The molecule has 0 aromatic carbocycles. The first-order valence-electron chi connectivity index (χ1n) is 5.84. The first kappa shape index (κ1) is 19.4. The van der Waals surface area contributed by atoms with Crippen molar-refractivity contribution in [2.45, 2.75) is 31.0 Å². The molecule has 0 amide bonds. The fourth-order valence-electron chi connectivity index (χ4n) is 1.16. The van der Waals surface area contributed by atoms with E-state index in [9.17, 15) is 9.59 Å². The zero-order chi connectivity index (χ0) is 16.4. The summed E-state index contributed by atoms with van der Waals surface area (Å²) in [7, 11) is 0. The van der Waals surface area contributed by atoms with Crippen LogP contribution in [0.2, 0.25) is 0 Å². The second kappa shape index (κ2) is 10.2. The number of carbonyl (C=O) groups excluding carboxylic acids is 2. The molecule has 0 radical (unpaired) electrons. The molecule has 0 unspecified atom stereocenters. The largest absolute Gasteiger partial charge is 0.456 e. The Balaban J connectivity index is 0.000000394. The van der Waals surface area contributed by atoms with E-state index in [0.717, 1.165) is 0 Å². The Morgan fingerprint density at radius 2 is 1.67 bits per heavy atom. The van der Waals surface area contributed by atoms with E-state index in [4.69, 9.17) is 35.1 Å². The lowest BCUT2D eigenvalue weighted by Crippen LogP contribution is -2.46. The molecule has 9 nitrogen and oxygen atoms in total. The summed E-state index contributed by atoms with van der Waals surface area (Å²) in [5.74, 6) is 0.663. The number of carbonyl (C=O) groups is 2. The molecule has 0 spiro atoms. The average Bonchev–Trinajstić information content (AvgIpc) is 3.00. The maximum absolute atomic E-state index is 9.96. The number of aliphatic hydroxyl groups is 6. The second-order valence-electron chi connectivity index (χ2n) is 3.94. The minimum absolute atomic E-state index is 0.0258. The Hall–Kier alpha value is -1.62. The van der Waals surface area contributed by atoms with Crippen LogP contribution < -0.4 is 0 Å². The third-order valence-corrected chi connectivity index (χ3v) is 2.37. The van der Waals surface area contributed by atoms with Crippen molar-refractivity contribution in [1.29, 1.82) is 0 Å². The van der Waals surface area contributed by atoms with E-state index in [0.29, 0.717) is 12.0 Å². The van der Waals surface area contributed by atoms with Gasteiger partial charge in [-0.1, -0.05) is 0 Å². The van der Waals surface area contributed by atoms with Crippen molar-refractivity contribution in [3.63, 3.8) is 0 Å². The molecular weight excluding hydrogens is 288 g/mol. The Morgan fingerprint density at radius 1 is 1.05 bits per heavy atom. The van der Waals surface area contributed by atoms with Crippen molar-refractivity contribution < 1.29 is 44.6 Å². The molecule has 120 valence electrons. The van der Waals surface area contributed by atoms with E-state index in [1.54, 1.807) is 6.07 Å². The number of rotatable bonds is 7. The third-order valence-electron chi connectivity index (χ3n) is 2.37. The molecule has 0 aliphatic heterocycles. The predicted molar refractivity (Wildman–Crippen MR) is 67.2 cm³/mol. The van der Waals surface area contributed by atoms with Gasteiger partial charge in [-0.25, -0.2) is 0 Å². The standard InChI is InChI=1S/C6H12O6.C6H6O3/c7-1-3(9)5(11)6(12)4(10)2-8;7-3-5-1-2-6(4-8)9-5/h1,3-6,8-12H,2H2;1-3,8H,4H2/t3-,4+,5+,6+;/m0./s1. The van der Waals surface area contributed by atoms with Crippen LogP contribution in [-0.2, 0) is 11.4 Å². The van der Waals surface area contributed by atoms with Gasteiger partial charge in [-0.05, 0) is 12.1 Å². The fourth-order valence-corrected chi connectivity index (χ4v) is 1.16. The molecule has 9 heteroatoms. The Labute approximate surface area is 119 Å². The van der Waals surface area contributed by atoms with Crippen LogP contribution in [0.3, 0.4) is 0 Å². The Morgan fingerprint density at radius 3 is 2.00 bits per heavy atom. The highest BCUT2D eigenvalue weighted by atomic mass is 16.4. The van der Waals surface area contributed by atoms with E-state index in [1.165, 1.54) is 6.07 Å². The molecule has 0 aliphatic carbocycles. The van der Waals surface area contributed by atoms with Crippen molar-refractivity contribution in [3.05, 3.63) is 23.7 Å². The Kier molecular flexibility index (Phi) is 9.37. The third kappa shape index (κ3) is 6.58. The molecule has 1 aromatic rings. The summed E-state index contributed by atoms with van der Waals surface area (Å²) in [6.45, 7) is -0.919. The smallest absolute Gasteiger partial charge is 0.185 e. The van der Waals surface area contributed by atoms with Gasteiger partial charge in [-0.2, -0.15) is 0 Å². The van der Waals surface area contributed by atoms with E-state index < -0.39 is 31.0 Å². The van der Waals surface area contributed by atoms with Gasteiger partial charge >= 0.3 is 0 Å². The summed E-state index contributed by atoms with van der Waals surface area (Å²) >= 11 is 0. The van der Waals surface area contributed by atoms with Crippen LogP contribution in [0.5, 0.6) is 0 Å². The molecule has 6 N–H and O–H groups in total. The SMILES string of the molecule is O=C[C@H](O)[C@@H](O)[C@H](O)[C@H](O)CO.O=Cc1ccc(CO)o1. The monoisotopic (exact) mass is 306 g/mol. The predicted octanol–water partition coefficient (Wildman–Crippen LogP) is -2.79. The first-order valence-corrected chi connectivity index (χ1v) is 5.84. The lowest BCUT2D eigenvalue weighted by molar-refractivity contribution is -0.136. The van der Waals surface area contributed by atoms with Gasteiger partial charge in [0, 0.05) is 0 Å². The molecule has 0 saturated heterocycles. The van der Waals surface area contributed by atoms with Crippen molar-refractivity contribution in [2.75, 3.05) is 6.61 Å². The molecule has 0 aliphatic rings. The number of aldehydes is 2. The summed E-state index contributed by atoms with van der Waals surface area (Å²) in [6.07, 6.45) is -6.24. The van der Waals surface area contributed by atoms with Gasteiger partial charge in [0.1, 0.15) is 36.8 Å². The van der Waals surface area contributed by atoms with E-state index in [1.807, 2.05) is 0 Å². The highest BCUT2D eigenvalue weighted by Crippen LogP contribution is 2.04. The summed E-state index contributed by atoms with van der Waals surface area (Å²) in [6, 6.07) is 3.07. The lowest BCUT2D eigenvalue weighted by Gasteiger charge is -2.22. The van der Waals surface area contributed by atoms with Gasteiger partial charge in [-0.3, -0.25) is 4.79 Å². The molecule has 0 fully saturated rings. The van der Waals surface area contributed by atoms with Crippen molar-refractivity contribution >= 4 is 12.6 Å². The van der Waals surface area contributed by atoms with Crippen LogP contribution in [0.4, 0.5) is 0 Å². The second-order valence-corrected chi connectivity index (χ2v) is 3.94.